The zero-order valence-electron chi connectivity index (χ0n) is 18.0. The van der Waals surface area contributed by atoms with E-state index in [9.17, 15) is 4.79 Å². The highest BCUT2D eigenvalue weighted by Gasteiger charge is 2.21. The number of hydrogen-bond acceptors (Lipinski definition) is 5. The molecule has 0 unspecified atom stereocenters. The van der Waals surface area contributed by atoms with E-state index in [1.165, 1.54) is 6.42 Å². The van der Waals surface area contributed by atoms with Crippen molar-refractivity contribution in [3.8, 4) is 22.8 Å². The second-order valence-corrected chi connectivity index (χ2v) is 8.58. The van der Waals surface area contributed by atoms with E-state index in [0.29, 0.717) is 11.5 Å². The fourth-order valence-corrected chi connectivity index (χ4v) is 4.58. The van der Waals surface area contributed by atoms with Crippen molar-refractivity contribution in [3.63, 3.8) is 0 Å². The Morgan fingerprint density at radius 2 is 1.88 bits per heavy atom. The third kappa shape index (κ3) is 3.73. The van der Waals surface area contributed by atoms with Gasteiger partial charge in [0.05, 0.1) is 40.3 Å². The predicted octanol–water partition coefficient (Wildman–Crippen LogP) is 5.08. The average molecular weight is 438 g/mol. The van der Waals surface area contributed by atoms with Crippen LogP contribution in [0.25, 0.3) is 44.7 Å². The number of anilines is 1. The largest absolute Gasteiger partial charge is 0.337 e. The first kappa shape index (κ1) is 19.6. The topological polar surface area (TPSA) is 112 Å². The summed E-state index contributed by atoms with van der Waals surface area (Å²) in [5.74, 6) is 0.875. The second kappa shape index (κ2) is 8.12. The quantitative estimate of drug-likeness (QED) is 0.363. The number of para-hydroxylation sites is 2. The van der Waals surface area contributed by atoms with Crippen molar-refractivity contribution in [2.75, 3.05) is 5.32 Å². The van der Waals surface area contributed by atoms with Gasteiger partial charge in [0.2, 0.25) is 5.91 Å². The number of hydrogen-bond donors (Lipinski definition) is 3. The van der Waals surface area contributed by atoms with E-state index in [1.807, 2.05) is 36.4 Å². The summed E-state index contributed by atoms with van der Waals surface area (Å²) in [6.07, 6.45) is 10.6. The van der Waals surface area contributed by atoms with E-state index in [2.05, 4.69) is 35.5 Å². The number of aromatic amines is 2. The number of carbonyl (C=O) groups is 1. The van der Waals surface area contributed by atoms with Gasteiger partial charge in [-0.1, -0.05) is 31.4 Å². The van der Waals surface area contributed by atoms with Gasteiger partial charge in [-0.3, -0.25) is 19.9 Å². The van der Waals surface area contributed by atoms with Crippen LogP contribution in [0.4, 0.5) is 5.69 Å². The summed E-state index contributed by atoms with van der Waals surface area (Å²) < 4.78 is 0. The van der Waals surface area contributed by atoms with Crippen molar-refractivity contribution in [2.24, 2.45) is 5.92 Å². The smallest absolute Gasteiger partial charge is 0.227 e. The summed E-state index contributed by atoms with van der Waals surface area (Å²) in [5, 5.41) is 11.5. The van der Waals surface area contributed by atoms with Gasteiger partial charge in [-0.2, -0.15) is 5.10 Å². The van der Waals surface area contributed by atoms with Gasteiger partial charge >= 0.3 is 0 Å². The molecule has 0 atom stereocenters. The van der Waals surface area contributed by atoms with Crippen LogP contribution >= 0.6 is 0 Å². The molecule has 0 bridgehead atoms. The van der Waals surface area contributed by atoms with Crippen LogP contribution in [0.15, 0.2) is 55.0 Å². The fraction of sp³-hybridized carbons (Fsp3) is 0.240. The van der Waals surface area contributed by atoms with Crippen LogP contribution in [0.1, 0.15) is 32.1 Å². The van der Waals surface area contributed by atoms with Crippen molar-refractivity contribution >= 4 is 33.5 Å². The van der Waals surface area contributed by atoms with Crippen molar-refractivity contribution in [1.82, 2.24) is 30.1 Å². The van der Waals surface area contributed by atoms with Gasteiger partial charge in [0.25, 0.3) is 0 Å². The van der Waals surface area contributed by atoms with Crippen LogP contribution < -0.4 is 5.32 Å². The molecular weight excluding hydrogens is 414 g/mol. The monoisotopic (exact) mass is 437 g/mol. The molecule has 33 heavy (non-hydrogen) atoms. The average Bonchev–Trinajstić information content (AvgIpc) is 3.48. The summed E-state index contributed by atoms with van der Waals surface area (Å²) in [6, 6.07) is 11.8. The molecule has 0 spiro atoms. The number of amides is 1. The maximum Gasteiger partial charge on any atom is 0.227 e. The minimum Gasteiger partial charge on any atom is -0.337 e. The van der Waals surface area contributed by atoms with E-state index < -0.39 is 0 Å². The molecule has 6 rings (SSSR count). The van der Waals surface area contributed by atoms with E-state index in [0.717, 1.165) is 64.6 Å². The molecule has 0 aliphatic heterocycles. The van der Waals surface area contributed by atoms with Gasteiger partial charge in [-0.05, 0) is 37.1 Å². The SMILES string of the molecule is O=C(Nc1cncc(-c2cc3c(-c4nc5ccccc5[nH]4)n[nH]c3cn2)c1)C1CCCCC1. The second-order valence-electron chi connectivity index (χ2n) is 8.58. The Kier molecular flexibility index (Phi) is 4.83. The molecule has 0 saturated heterocycles. The number of rotatable bonds is 4. The van der Waals surface area contributed by atoms with Crippen LogP contribution in [-0.4, -0.2) is 36.0 Å². The molecule has 1 amide bonds. The Hall–Kier alpha value is -4.07. The van der Waals surface area contributed by atoms with Gasteiger partial charge in [-0.15, -0.1) is 0 Å². The number of nitrogens with zero attached hydrogens (tertiary/aromatic N) is 4. The Morgan fingerprint density at radius 3 is 2.76 bits per heavy atom. The number of carbonyl (C=O) groups excluding carboxylic acids is 1. The van der Waals surface area contributed by atoms with Crippen LogP contribution in [-0.2, 0) is 4.79 Å². The molecule has 1 aliphatic rings. The van der Waals surface area contributed by atoms with Crippen molar-refractivity contribution in [1.29, 1.82) is 0 Å². The minimum atomic E-state index is 0.0825. The summed E-state index contributed by atoms with van der Waals surface area (Å²) in [5.41, 5.74) is 5.68. The molecule has 1 aliphatic carbocycles. The number of imidazole rings is 1. The Morgan fingerprint density at radius 1 is 1.00 bits per heavy atom. The van der Waals surface area contributed by atoms with Crippen LogP contribution in [0, 0.1) is 5.92 Å². The molecule has 8 heteroatoms. The first-order chi connectivity index (χ1) is 16.2. The lowest BCUT2D eigenvalue weighted by molar-refractivity contribution is -0.120. The lowest BCUT2D eigenvalue weighted by atomic mass is 9.88. The molecule has 4 heterocycles. The summed E-state index contributed by atoms with van der Waals surface area (Å²) >= 11 is 0. The zero-order valence-corrected chi connectivity index (χ0v) is 18.0. The Bertz CT molecular complexity index is 1430. The molecule has 1 aromatic carbocycles. The molecule has 0 radical (unpaired) electrons. The third-order valence-corrected chi connectivity index (χ3v) is 6.34. The molecule has 5 aromatic rings. The molecule has 1 saturated carbocycles. The fourth-order valence-electron chi connectivity index (χ4n) is 4.58. The lowest BCUT2D eigenvalue weighted by Gasteiger charge is -2.20. The summed E-state index contributed by atoms with van der Waals surface area (Å²) in [6.45, 7) is 0. The van der Waals surface area contributed by atoms with Gasteiger partial charge in [0, 0.05) is 23.1 Å². The van der Waals surface area contributed by atoms with Crippen molar-refractivity contribution in [2.45, 2.75) is 32.1 Å². The van der Waals surface area contributed by atoms with Crippen molar-refractivity contribution < 1.29 is 4.79 Å². The van der Waals surface area contributed by atoms with Crippen molar-refractivity contribution in [3.05, 3.63) is 55.0 Å². The molecule has 1 fully saturated rings. The number of H-pyrrole nitrogens is 2. The van der Waals surface area contributed by atoms with Crippen LogP contribution in [0.5, 0.6) is 0 Å². The third-order valence-electron chi connectivity index (χ3n) is 6.34. The maximum absolute atomic E-state index is 12.7. The number of fused-ring (bicyclic) bond motifs is 2. The van der Waals surface area contributed by atoms with Crippen LogP contribution in [0.3, 0.4) is 0 Å². The molecule has 8 nitrogen and oxygen atoms in total. The minimum absolute atomic E-state index is 0.0825. The maximum atomic E-state index is 12.7. The normalized spacial score (nSPS) is 14.7. The summed E-state index contributed by atoms with van der Waals surface area (Å²) in [7, 11) is 0. The van der Waals surface area contributed by atoms with Gasteiger partial charge < -0.3 is 10.3 Å². The van der Waals surface area contributed by atoms with Gasteiger partial charge in [0.15, 0.2) is 5.82 Å². The first-order valence-electron chi connectivity index (χ1n) is 11.3. The highest BCUT2D eigenvalue weighted by Crippen LogP contribution is 2.30. The molecule has 164 valence electrons. The number of nitrogens with one attached hydrogen (secondary N) is 3. The lowest BCUT2D eigenvalue weighted by Crippen LogP contribution is -2.24. The van der Waals surface area contributed by atoms with E-state index in [-0.39, 0.29) is 11.8 Å². The van der Waals surface area contributed by atoms with E-state index in [4.69, 9.17) is 0 Å². The number of benzene rings is 1. The van der Waals surface area contributed by atoms with Gasteiger partial charge in [0.1, 0.15) is 5.69 Å². The Labute approximate surface area is 189 Å². The Balaban J connectivity index is 1.32. The highest BCUT2D eigenvalue weighted by atomic mass is 16.1. The van der Waals surface area contributed by atoms with E-state index in [1.54, 1.807) is 18.6 Å². The first-order valence-corrected chi connectivity index (χ1v) is 11.3. The van der Waals surface area contributed by atoms with Gasteiger partial charge in [-0.25, -0.2) is 4.98 Å². The predicted molar refractivity (Wildman–Crippen MR) is 127 cm³/mol. The van der Waals surface area contributed by atoms with E-state index >= 15 is 0 Å². The van der Waals surface area contributed by atoms with Crippen LogP contribution in [0.2, 0.25) is 0 Å². The summed E-state index contributed by atoms with van der Waals surface area (Å²) in [4.78, 5) is 29.6. The molecule has 3 N–H and O–H groups in total. The number of pyridine rings is 2. The molecular formula is C25H23N7O. The highest BCUT2D eigenvalue weighted by molar-refractivity contribution is 5.95. The zero-order chi connectivity index (χ0) is 22.2. The number of aromatic nitrogens is 6. The standard InChI is InChI=1S/C25H23N7O/c33-25(15-6-2-1-3-7-15)28-17-10-16(12-26-13-17)21-11-18-22(14-27-21)31-32-23(18)24-29-19-8-4-5-9-20(19)30-24/h4-5,8-15H,1-3,6-7H2,(H,28,33)(H,29,30)(H,31,32). The molecule has 4 aromatic heterocycles.